The van der Waals surface area contributed by atoms with Gasteiger partial charge in [-0.3, -0.25) is 0 Å². The molecular formula is C12H8ClNSe. The normalized spacial score (nSPS) is 10.1. The van der Waals surface area contributed by atoms with E-state index in [0.29, 0.717) is 15.0 Å². The van der Waals surface area contributed by atoms with Gasteiger partial charge in [0.25, 0.3) is 0 Å². The summed E-state index contributed by atoms with van der Waals surface area (Å²) in [6.07, 6.45) is 7.09. The first kappa shape index (κ1) is 10.5. The summed E-state index contributed by atoms with van der Waals surface area (Å²) >= 11 is 6.23. The summed E-state index contributed by atoms with van der Waals surface area (Å²) in [6, 6.07) is 7.82. The molecule has 0 aliphatic heterocycles. The predicted molar refractivity (Wildman–Crippen MR) is 65.8 cm³/mol. The number of hydrogen-bond acceptors (Lipinski definition) is 1. The molecule has 0 radical (unpaired) electrons. The molecule has 0 spiro atoms. The predicted octanol–water partition coefficient (Wildman–Crippen LogP) is 2.27. The Balaban J connectivity index is 2.52. The van der Waals surface area contributed by atoms with Crippen molar-refractivity contribution in [2.75, 3.05) is 0 Å². The number of halogens is 1. The average Bonchev–Trinajstić information content (AvgIpc) is 2.25. The molecule has 2 aromatic rings. The summed E-state index contributed by atoms with van der Waals surface area (Å²) in [4.78, 5) is 4.28. The summed E-state index contributed by atoms with van der Waals surface area (Å²) in [7, 11) is 0. The first-order valence-electron chi connectivity index (χ1n) is 4.42. The number of nitrogens with zero attached hydrogens (tertiary/aromatic N) is 1. The van der Waals surface area contributed by atoms with Gasteiger partial charge in [-0.25, -0.2) is 0 Å². The summed E-state index contributed by atoms with van der Waals surface area (Å²) in [6.45, 7) is 0. The number of fused-ring (bicyclic) bond motifs is 1. The van der Waals surface area contributed by atoms with Gasteiger partial charge in [-0.15, -0.1) is 0 Å². The zero-order chi connectivity index (χ0) is 10.7. The Kier molecular flexibility index (Phi) is 3.28. The number of benzene rings is 1. The van der Waals surface area contributed by atoms with Crippen molar-refractivity contribution in [1.29, 1.82) is 0 Å². The minimum atomic E-state index is 0.323. The monoisotopic (exact) mass is 281 g/mol. The Morgan fingerprint density at radius 1 is 1.40 bits per heavy atom. The molecule has 0 atom stereocenters. The molecule has 1 aromatic heterocycles. The van der Waals surface area contributed by atoms with Crippen LogP contribution in [0.4, 0.5) is 0 Å². The van der Waals surface area contributed by atoms with Crippen LogP contribution in [0, 0.1) is 12.3 Å². The van der Waals surface area contributed by atoms with Gasteiger partial charge >= 0.3 is 100 Å². The summed E-state index contributed by atoms with van der Waals surface area (Å²) in [5.74, 6) is 2.67. The molecule has 0 aliphatic carbocycles. The molecule has 0 fully saturated rings. The van der Waals surface area contributed by atoms with Gasteiger partial charge in [0.15, 0.2) is 0 Å². The van der Waals surface area contributed by atoms with E-state index < -0.39 is 0 Å². The van der Waals surface area contributed by atoms with Crippen LogP contribution >= 0.6 is 11.6 Å². The molecule has 0 amide bonds. The minimum absolute atomic E-state index is 0.323. The topological polar surface area (TPSA) is 12.9 Å². The standard InChI is InChI=1S/C12H8ClNSe/c1-2-7-15-12-5-6-14-11-8-9(13)3-4-10(11)12/h1,3-6,8H,7H2. The molecule has 1 aromatic carbocycles. The maximum atomic E-state index is 5.91. The van der Waals surface area contributed by atoms with E-state index in [1.807, 2.05) is 30.5 Å². The third-order valence-corrected chi connectivity index (χ3v) is 4.26. The fraction of sp³-hybridized carbons (Fsp3) is 0.0833. The molecule has 1 heterocycles. The van der Waals surface area contributed by atoms with E-state index in [1.165, 1.54) is 4.46 Å². The van der Waals surface area contributed by atoms with Crippen LogP contribution in [0.5, 0.6) is 0 Å². The molecule has 0 bridgehead atoms. The van der Waals surface area contributed by atoms with E-state index in [1.54, 1.807) is 0 Å². The number of rotatable bonds is 2. The Labute approximate surface area is 100 Å². The first-order chi connectivity index (χ1) is 7.31. The molecule has 0 unspecified atom stereocenters. The SMILES string of the molecule is C#CC[Se]c1ccnc2cc(Cl)ccc12. The van der Waals surface area contributed by atoms with Gasteiger partial charge < -0.3 is 0 Å². The zero-order valence-electron chi connectivity index (χ0n) is 7.90. The van der Waals surface area contributed by atoms with E-state index in [9.17, 15) is 0 Å². The molecule has 0 saturated carbocycles. The summed E-state index contributed by atoms with van der Waals surface area (Å²) in [5.41, 5.74) is 0.943. The molecule has 1 nitrogen and oxygen atoms in total. The van der Waals surface area contributed by atoms with Crippen LogP contribution in [-0.4, -0.2) is 19.9 Å². The van der Waals surface area contributed by atoms with Crippen LogP contribution < -0.4 is 4.46 Å². The van der Waals surface area contributed by atoms with Crippen molar-refractivity contribution in [2.45, 2.75) is 5.32 Å². The maximum absolute atomic E-state index is 5.91. The quantitative estimate of drug-likeness (QED) is 0.607. The van der Waals surface area contributed by atoms with Gasteiger partial charge in [0.1, 0.15) is 0 Å². The van der Waals surface area contributed by atoms with Crippen LogP contribution in [0.25, 0.3) is 10.9 Å². The molecule has 0 aliphatic rings. The first-order valence-corrected chi connectivity index (χ1v) is 6.86. The molecular weight excluding hydrogens is 273 g/mol. The van der Waals surface area contributed by atoms with Gasteiger partial charge in [-0.2, -0.15) is 0 Å². The third-order valence-electron chi connectivity index (χ3n) is 1.98. The van der Waals surface area contributed by atoms with E-state index in [-0.39, 0.29) is 0 Å². The van der Waals surface area contributed by atoms with Crippen molar-refractivity contribution < 1.29 is 0 Å². The van der Waals surface area contributed by atoms with E-state index >= 15 is 0 Å². The number of terminal acetylenes is 1. The molecule has 74 valence electrons. The Hall–Kier alpha value is -1.00. The fourth-order valence-corrected chi connectivity index (χ4v) is 3.03. The zero-order valence-corrected chi connectivity index (χ0v) is 10.4. The van der Waals surface area contributed by atoms with Crippen molar-refractivity contribution >= 4 is 41.9 Å². The third kappa shape index (κ3) is 2.33. The van der Waals surface area contributed by atoms with Gasteiger partial charge in [0.05, 0.1) is 0 Å². The van der Waals surface area contributed by atoms with Crippen molar-refractivity contribution in [3.05, 3.63) is 35.5 Å². The Bertz CT molecular complexity index is 531. The van der Waals surface area contributed by atoms with Crippen molar-refractivity contribution in [3.8, 4) is 12.3 Å². The van der Waals surface area contributed by atoms with Gasteiger partial charge in [-0.1, -0.05) is 0 Å². The van der Waals surface area contributed by atoms with Crippen LogP contribution in [0.3, 0.4) is 0 Å². The van der Waals surface area contributed by atoms with Crippen LogP contribution in [-0.2, 0) is 0 Å². The average molecular weight is 281 g/mol. The van der Waals surface area contributed by atoms with Gasteiger partial charge in [-0.05, 0) is 0 Å². The second kappa shape index (κ2) is 4.68. The fourth-order valence-electron chi connectivity index (χ4n) is 1.34. The summed E-state index contributed by atoms with van der Waals surface area (Å²) in [5, 5.41) is 2.70. The molecule has 0 N–H and O–H groups in total. The van der Waals surface area contributed by atoms with Crippen LogP contribution in [0.1, 0.15) is 0 Å². The molecule has 15 heavy (non-hydrogen) atoms. The summed E-state index contributed by atoms with van der Waals surface area (Å²) < 4.78 is 1.29. The van der Waals surface area contributed by atoms with Crippen LogP contribution in [0.15, 0.2) is 30.5 Å². The van der Waals surface area contributed by atoms with E-state index in [4.69, 9.17) is 18.0 Å². The van der Waals surface area contributed by atoms with E-state index in [0.717, 1.165) is 21.2 Å². The molecule has 0 saturated heterocycles. The number of aromatic nitrogens is 1. The van der Waals surface area contributed by atoms with Gasteiger partial charge in [0, 0.05) is 0 Å². The number of hydrogen-bond donors (Lipinski definition) is 0. The van der Waals surface area contributed by atoms with Crippen molar-refractivity contribution in [2.24, 2.45) is 0 Å². The number of pyridine rings is 1. The Morgan fingerprint density at radius 3 is 3.07 bits per heavy atom. The molecule has 2 rings (SSSR count). The van der Waals surface area contributed by atoms with Gasteiger partial charge in [0.2, 0.25) is 0 Å². The Morgan fingerprint density at radius 2 is 2.27 bits per heavy atom. The second-order valence-electron chi connectivity index (χ2n) is 2.96. The van der Waals surface area contributed by atoms with Crippen molar-refractivity contribution in [3.63, 3.8) is 0 Å². The van der Waals surface area contributed by atoms with Crippen molar-refractivity contribution in [1.82, 2.24) is 4.98 Å². The second-order valence-corrected chi connectivity index (χ2v) is 5.53. The molecule has 3 heteroatoms. The van der Waals surface area contributed by atoms with Crippen LogP contribution in [0.2, 0.25) is 10.3 Å². The van der Waals surface area contributed by atoms with E-state index in [2.05, 4.69) is 10.9 Å².